The van der Waals surface area contributed by atoms with Crippen LogP contribution in [0.1, 0.15) is 6.42 Å². The molecule has 1 atom stereocenters. The van der Waals surface area contributed by atoms with Crippen LogP contribution in [0.5, 0.6) is 0 Å². The number of aliphatic hydroxyl groups excluding tert-OH is 1. The molecule has 1 rings (SSSR count). The van der Waals surface area contributed by atoms with E-state index in [0.717, 1.165) is 19.6 Å². The van der Waals surface area contributed by atoms with E-state index in [0.29, 0.717) is 19.3 Å². The van der Waals surface area contributed by atoms with Crippen molar-refractivity contribution in [3.63, 3.8) is 0 Å². The smallest absolute Gasteiger partial charge is 0.0698 e. The van der Waals surface area contributed by atoms with Crippen molar-refractivity contribution in [3.05, 3.63) is 0 Å². The van der Waals surface area contributed by atoms with E-state index >= 15 is 0 Å². The Morgan fingerprint density at radius 1 is 1.54 bits per heavy atom. The Morgan fingerprint density at radius 2 is 2.38 bits per heavy atom. The van der Waals surface area contributed by atoms with E-state index in [-0.39, 0.29) is 6.61 Å². The van der Waals surface area contributed by atoms with Gasteiger partial charge in [0.2, 0.25) is 0 Å². The van der Waals surface area contributed by atoms with Gasteiger partial charge in [-0.3, -0.25) is 4.90 Å². The second-order valence-corrected chi connectivity index (χ2v) is 3.46. The van der Waals surface area contributed by atoms with Gasteiger partial charge in [0.05, 0.1) is 19.8 Å². The summed E-state index contributed by atoms with van der Waals surface area (Å²) in [4.78, 5) is 2.32. The van der Waals surface area contributed by atoms with Crippen LogP contribution >= 0.6 is 0 Å². The van der Waals surface area contributed by atoms with Crippen molar-refractivity contribution in [1.82, 2.24) is 10.2 Å². The second kappa shape index (κ2) is 6.32. The summed E-state index contributed by atoms with van der Waals surface area (Å²) in [5.41, 5.74) is 0. The fraction of sp³-hybridized carbons (Fsp3) is 1.00. The SMILES string of the molecule is CN(CCOCCO)C1CCNC1. The van der Waals surface area contributed by atoms with Crippen LogP contribution in [-0.4, -0.2) is 62.6 Å². The van der Waals surface area contributed by atoms with E-state index in [1.165, 1.54) is 6.42 Å². The predicted molar refractivity (Wildman–Crippen MR) is 51.8 cm³/mol. The maximum Gasteiger partial charge on any atom is 0.0698 e. The van der Waals surface area contributed by atoms with Gasteiger partial charge in [-0.05, 0) is 20.0 Å². The number of likely N-dealkylation sites (N-methyl/N-ethyl adjacent to an activating group) is 1. The molecule has 4 heteroatoms. The third-order valence-electron chi connectivity index (χ3n) is 2.48. The maximum absolute atomic E-state index is 8.49. The Balaban J connectivity index is 1.99. The maximum atomic E-state index is 8.49. The highest BCUT2D eigenvalue weighted by atomic mass is 16.5. The number of hydrogen-bond acceptors (Lipinski definition) is 4. The van der Waals surface area contributed by atoms with Crippen molar-refractivity contribution >= 4 is 0 Å². The molecule has 0 saturated carbocycles. The van der Waals surface area contributed by atoms with Crippen LogP contribution in [0.2, 0.25) is 0 Å². The van der Waals surface area contributed by atoms with Gasteiger partial charge in [-0.15, -0.1) is 0 Å². The number of ether oxygens (including phenoxy) is 1. The Morgan fingerprint density at radius 3 is 3.00 bits per heavy atom. The molecule has 0 amide bonds. The van der Waals surface area contributed by atoms with Crippen molar-refractivity contribution in [2.24, 2.45) is 0 Å². The van der Waals surface area contributed by atoms with Gasteiger partial charge in [-0.2, -0.15) is 0 Å². The van der Waals surface area contributed by atoms with E-state index in [2.05, 4.69) is 17.3 Å². The van der Waals surface area contributed by atoms with Crippen molar-refractivity contribution in [1.29, 1.82) is 0 Å². The van der Waals surface area contributed by atoms with Crippen LogP contribution < -0.4 is 5.32 Å². The Kier molecular flexibility index (Phi) is 5.31. The molecule has 1 fully saturated rings. The van der Waals surface area contributed by atoms with Crippen LogP contribution in [0.4, 0.5) is 0 Å². The molecule has 0 bridgehead atoms. The van der Waals surface area contributed by atoms with Crippen LogP contribution in [0.15, 0.2) is 0 Å². The molecule has 2 N–H and O–H groups in total. The van der Waals surface area contributed by atoms with E-state index in [1.54, 1.807) is 0 Å². The second-order valence-electron chi connectivity index (χ2n) is 3.46. The lowest BCUT2D eigenvalue weighted by Crippen LogP contribution is -2.35. The zero-order valence-corrected chi connectivity index (χ0v) is 8.33. The van der Waals surface area contributed by atoms with Gasteiger partial charge in [0.1, 0.15) is 0 Å². The molecule has 1 aliphatic rings. The lowest BCUT2D eigenvalue weighted by atomic mass is 10.2. The third kappa shape index (κ3) is 4.04. The average Bonchev–Trinajstić information content (AvgIpc) is 2.65. The Labute approximate surface area is 79.9 Å². The first-order valence-corrected chi connectivity index (χ1v) is 4.94. The van der Waals surface area contributed by atoms with Crippen LogP contribution in [0, 0.1) is 0 Å². The number of rotatable bonds is 6. The minimum absolute atomic E-state index is 0.120. The predicted octanol–water partition coefficient (Wildman–Crippen LogP) is -0.711. The van der Waals surface area contributed by atoms with Crippen molar-refractivity contribution in [2.45, 2.75) is 12.5 Å². The van der Waals surface area contributed by atoms with Gasteiger partial charge >= 0.3 is 0 Å². The fourth-order valence-corrected chi connectivity index (χ4v) is 1.57. The van der Waals surface area contributed by atoms with Crippen LogP contribution in [0.3, 0.4) is 0 Å². The van der Waals surface area contributed by atoms with Crippen molar-refractivity contribution in [3.8, 4) is 0 Å². The highest BCUT2D eigenvalue weighted by Gasteiger charge is 2.18. The summed E-state index contributed by atoms with van der Waals surface area (Å²) in [7, 11) is 2.12. The summed E-state index contributed by atoms with van der Waals surface area (Å²) in [6, 6.07) is 0.665. The number of nitrogens with one attached hydrogen (secondary N) is 1. The average molecular weight is 188 g/mol. The van der Waals surface area contributed by atoms with Gasteiger partial charge < -0.3 is 15.2 Å². The molecule has 1 unspecified atom stereocenters. The molecule has 0 aromatic carbocycles. The number of hydrogen-bond donors (Lipinski definition) is 2. The van der Waals surface area contributed by atoms with Gasteiger partial charge in [0, 0.05) is 19.1 Å². The van der Waals surface area contributed by atoms with E-state index in [1.807, 2.05) is 0 Å². The standard InChI is InChI=1S/C9H20N2O2/c1-11(4-6-13-7-5-12)9-2-3-10-8-9/h9-10,12H,2-8H2,1H3. The van der Waals surface area contributed by atoms with Crippen molar-refractivity contribution < 1.29 is 9.84 Å². The van der Waals surface area contributed by atoms with Gasteiger partial charge in [-0.1, -0.05) is 0 Å². The highest BCUT2D eigenvalue weighted by Crippen LogP contribution is 2.04. The number of aliphatic hydroxyl groups is 1. The molecule has 0 spiro atoms. The van der Waals surface area contributed by atoms with Gasteiger partial charge in [0.25, 0.3) is 0 Å². The summed E-state index contributed by atoms with van der Waals surface area (Å²) in [5.74, 6) is 0. The normalized spacial score (nSPS) is 22.8. The quantitative estimate of drug-likeness (QED) is 0.540. The Hall–Kier alpha value is -0.160. The lowest BCUT2D eigenvalue weighted by molar-refractivity contribution is 0.0720. The zero-order valence-electron chi connectivity index (χ0n) is 8.33. The molecular weight excluding hydrogens is 168 g/mol. The minimum Gasteiger partial charge on any atom is -0.394 e. The largest absolute Gasteiger partial charge is 0.394 e. The minimum atomic E-state index is 0.120. The first kappa shape index (κ1) is 10.9. The molecule has 13 heavy (non-hydrogen) atoms. The van der Waals surface area contributed by atoms with Crippen LogP contribution in [-0.2, 0) is 4.74 Å². The third-order valence-corrected chi connectivity index (χ3v) is 2.48. The lowest BCUT2D eigenvalue weighted by Gasteiger charge is -2.22. The first-order chi connectivity index (χ1) is 6.34. The Bertz CT molecular complexity index is 127. The van der Waals surface area contributed by atoms with Gasteiger partial charge in [0.15, 0.2) is 0 Å². The van der Waals surface area contributed by atoms with E-state index < -0.39 is 0 Å². The summed E-state index contributed by atoms with van der Waals surface area (Å²) in [6.45, 7) is 4.47. The molecule has 1 heterocycles. The molecule has 78 valence electrons. The monoisotopic (exact) mass is 188 g/mol. The molecule has 0 aromatic rings. The molecular formula is C9H20N2O2. The highest BCUT2D eigenvalue weighted by molar-refractivity contribution is 4.78. The molecule has 0 aromatic heterocycles. The molecule has 4 nitrogen and oxygen atoms in total. The molecule has 1 saturated heterocycles. The zero-order chi connectivity index (χ0) is 9.52. The summed E-state index contributed by atoms with van der Waals surface area (Å²) in [5, 5.41) is 11.8. The number of nitrogens with zero attached hydrogens (tertiary/aromatic N) is 1. The van der Waals surface area contributed by atoms with Crippen LogP contribution in [0.25, 0.3) is 0 Å². The summed E-state index contributed by atoms with van der Waals surface area (Å²) in [6.07, 6.45) is 1.23. The first-order valence-electron chi connectivity index (χ1n) is 4.94. The van der Waals surface area contributed by atoms with Gasteiger partial charge in [-0.25, -0.2) is 0 Å². The fourth-order valence-electron chi connectivity index (χ4n) is 1.57. The summed E-state index contributed by atoms with van der Waals surface area (Å²) < 4.78 is 5.20. The van der Waals surface area contributed by atoms with E-state index in [4.69, 9.17) is 9.84 Å². The molecule has 0 radical (unpaired) electrons. The van der Waals surface area contributed by atoms with E-state index in [9.17, 15) is 0 Å². The molecule has 1 aliphatic heterocycles. The summed E-state index contributed by atoms with van der Waals surface area (Å²) >= 11 is 0. The molecule has 0 aliphatic carbocycles. The topological polar surface area (TPSA) is 44.7 Å². The van der Waals surface area contributed by atoms with Crippen molar-refractivity contribution in [2.75, 3.05) is 46.5 Å².